The highest BCUT2D eigenvalue weighted by Gasteiger charge is 2.22. The Morgan fingerprint density at radius 1 is 1.10 bits per heavy atom. The van der Waals surface area contributed by atoms with Crippen LogP contribution < -0.4 is 14.8 Å². The van der Waals surface area contributed by atoms with E-state index in [1.54, 1.807) is 31.4 Å². The third-order valence-corrected chi connectivity index (χ3v) is 5.52. The Bertz CT molecular complexity index is 1150. The Labute approximate surface area is 172 Å². The van der Waals surface area contributed by atoms with Crippen molar-refractivity contribution in [2.24, 2.45) is 0 Å². The zero-order chi connectivity index (χ0) is 20.7. The number of amides is 1. The predicted molar refractivity (Wildman–Crippen MR) is 109 cm³/mol. The van der Waals surface area contributed by atoms with Crippen LogP contribution in [-0.4, -0.2) is 24.8 Å². The van der Waals surface area contributed by atoms with Crippen molar-refractivity contribution < 1.29 is 28.2 Å². The van der Waals surface area contributed by atoms with E-state index in [0.717, 1.165) is 35.8 Å². The number of fused-ring (bicyclic) bond motifs is 3. The number of hydrogen-bond acceptors (Lipinski definition) is 6. The van der Waals surface area contributed by atoms with E-state index in [1.165, 1.54) is 11.1 Å². The normalized spacial score (nSPS) is 15.1. The van der Waals surface area contributed by atoms with Crippen LogP contribution in [0.5, 0.6) is 11.5 Å². The lowest BCUT2D eigenvalue weighted by molar-refractivity contribution is -0.152. The van der Waals surface area contributed by atoms with Crippen LogP contribution in [0, 0.1) is 0 Å². The van der Waals surface area contributed by atoms with Crippen molar-refractivity contribution in [2.45, 2.75) is 38.7 Å². The van der Waals surface area contributed by atoms with Gasteiger partial charge in [0.2, 0.25) is 6.79 Å². The molecule has 7 heteroatoms. The molecule has 1 N–H and O–H groups in total. The molecule has 0 spiro atoms. The van der Waals surface area contributed by atoms with Crippen LogP contribution in [0.4, 0.5) is 5.69 Å². The van der Waals surface area contributed by atoms with E-state index in [-0.39, 0.29) is 13.2 Å². The summed E-state index contributed by atoms with van der Waals surface area (Å²) in [6.07, 6.45) is 3.98. The molecule has 0 saturated heterocycles. The number of carbonyl (C=O) groups is 2. The summed E-state index contributed by atoms with van der Waals surface area (Å²) in [4.78, 5) is 24.8. The van der Waals surface area contributed by atoms with Gasteiger partial charge < -0.3 is 23.9 Å². The van der Waals surface area contributed by atoms with Crippen molar-refractivity contribution >= 4 is 28.5 Å². The topological polar surface area (TPSA) is 87.0 Å². The molecule has 1 aromatic heterocycles. The maximum Gasteiger partial charge on any atom is 0.311 e. The van der Waals surface area contributed by atoms with E-state index in [4.69, 9.17) is 18.6 Å². The smallest absolute Gasteiger partial charge is 0.311 e. The molecule has 1 aliphatic heterocycles. The fraction of sp³-hybridized carbons (Fsp3) is 0.304. The molecule has 1 amide bonds. The molecule has 1 atom stereocenters. The summed E-state index contributed by atoms with van der Waals surface area (Å²) in [6.45, 7) is 1.70. The fourth-order valence-electron chi connectivity index (χ4n) is 3.95. The first-order valence-corrected chi connectivity index (χ1v) is 9.99. The summed E-state index contributed by atoms with van der Waals surface area (Å²) in [6, 6.07) is 9.27. The molecule has 30 heavy (non-hydrogen) atoms. The van der Waals surface area contributed by atoms with E-state index in [2.05, 4.69) is 17.4 Å². The lowest BCUT2D eigenvalue weighted by Crippen LogP contribution is -2.30. The fourth-order valence-corrected chi connectivity index (χ4v) is 3.95. The molecule has 2 heterocycles. The second kappa shape index (κ2) is 7.40. The molecule has 0 fully saturated rings. The SMILES string of the molecule is C[C@@H](OC(=O)Cc1coc2cc3c(cc12)CCC3)C(=O)Nc1ccc2c(c1)OCO2. The minimum atomic E-state index is -0.940. The molecule has 2 aliphatic rings. The van der Waals surface area contributed by atoms with Crippen molar-refractivity contribution in [3.8, 4) is 11.5 Å². The predicted octanol–water partition coefficient (Wildman–Crippen LogP) is 3.76. The first-order valence-electron chi connectivity index (χ1n) is 9.99. The molecular weight excluding hydrogens is 386 g/mol. The Kier molecular flexibility index (Phi) is 4.58. The summed E-state index contributed by atoms with van der Waals surface area (Å²) in [7, 11) is 0. The number of benzene rings is 2. The van der Waals surface area contributed by atoms with E-state index >= 15 is 0 Å². The van der Waals surface area contributed by atoms with Gasteiger partial charge in [-0.05, 0) is 61.6 Å². The Morgan fingerprint density at radius 3 is 2.77 bits per heavy atom. The van der Waals surface area contributed by atoms with Gasteiger partial charge in [0.25, 0.3) is 5.91 Å². The highest BCUT2D eigenvalue weighted by Crippen LogP contribution is 2.34. The van der Waals surface area contributed by atoms with E-state index in [1.807, 2.05) is 0 Å². The van der Waals surface area contributed by atoms with Crippen molar-refractivity contribution in [1.82, 2.24) is 0 Å². The molecule has 2 aromatic carbocycles. The molecule has 0 unspecified atom stereocenters. The van der Waals surface area contributed by atoms with Crippen LogP contribution >= 0.6 is 0 Å². The van der Waals surface area contributed by atoms with Gasteiger partial charge in [0.05, 0.1) is 12.7 Å². The minimum Gasteiger partial charge on any atom is -0.464 e. The third-order valence-electron chi connectivity index (χ3n) is 5.52. The molecular formula is C23H21NO6. The number of rotatable bonds is 5. The monoisotopic (exact) mass is 407 g/mol. The molecule has 0 saturated carbocycles. The lowest BCUT2D eigenvalue weighted by Gasteiger charge is -2.13. The standard InChI is InChI=1S/C23H21NO6/c1-13(23(26)24-17-5-6-19-21(10-17)29-12-28-19)30-22(25)9-16-11-27-20-8-15-4-2-3-14(15)7-18(16)20/h5-8,10-11,13H,2-4,9,12H2,1H3,(H,24,26)/t13-/m1/s1. The number of furan rings is 1. The number of esters is 1. The van der Waals surface area contributed by atoms with Crippen molar-refractivity contribution in [3.05, 3.63) is 53.3 Å². The number of aryl methyl sites for hydroxylation is 2. The first kappa shape index (κ1) is 18.5. The van der Waals surface area contributed by atoms with E-state index in [0.29, 0.717) is 17.2 Å². The second-order valence-electron chi connectivity index (χ2n) is 7.60. The number of nitrogens with one attached hydrogen (secondary N) is 1. The van der Waals surface area contributed by atoms with Crippen molar-refractivity contribution in [3.63, 3.8) is 0 Å². The van der Waals surface area contributed by atoms with Crippen LogP contribution in [0.1, 0.15) is 30.0 Å². The summed E-state index contributed by atoms with van der Waals surface area (Å²) in [5.41, 5.74) is 4.73. The molecule has 3 aromatic rings. The molecule has 1 aliphatic carbocycles. The average molecular weight is 407 g/mol. The number of carbonyl (C=O) groups excluding carboxylic acids is 2. The van der Waals surface area contributed by atoms with Gasteiger partial charge >= 0.3 is 5.97 Å². The largest absolute Gasteiger partial charge is 0.464 e. The Balaban J connectivity index is 1.22. The van der Waals surface area contributed by atoms with Gasteiger partial charge in [-0.25, -0.2) is 0 Å². The highest BCUT2D eigenvalue weighted by molar-refractivity contribution is 5.96. The number of ether oxygens (including phenoxy) is 3. The van der Waals surface area contributed by atoms with Gasteiger partial charge in [0.15, 0.2) is 17.6 Å². The molecule has 154 valence electrons. The van der Waals surface area contributed by atoms with Gasteiger partial charge in [-0.2, -0.15) is 0 Å². The molecule has 0 radical (unpaired) electrons. The van der Waals surface area contributed by atoms with Gasteiger partial charge in [0, 0.05) is 22.7 Å². The average Bonchev–Trinajstić information content (AvgIpc) is 3.45. The van der Waals surface area contributed by atoms with Crippen LogP contribution in [0.25, 0.3) is 11.0 Å². The van der Waals surface area contributed by atoms with E-state index < -0.39 is 18.0 Å². The van der Waals surface area contributed by atoms with Gasteiger partial charge in [0.1, 0.15) is 5.58 Å². The third kappa shape index (κ3) is 3.47. The number of hydrogen-bond donors (Lipinski definition) is 1. The second-order valence-corrected chi connectivity index (χ2v) is 7.60. The molecule has 0 bridgehead atoms. The minimum absolute atomic E-state index is 0.0490. The van der Waals surface area contributed by atoms with Crippen LogP contribution in [-0.2, 0) is 33.6 Å². The zero-order valence-electron chi connectivity index (χ0n) is 16.5. The summed E-state index contributed by atoms with van der Waals surface area (Å²) >= 11 is 0. The molecule has 5 rings (SSSR count). The quantitative estimate of drug-likeness (QED) is 0.648. The van der Waals surface area contributed by atoms with Gasteiger partial charge in [-0.15, -0.1) is 0 Å². The molecule has 7 nitrogen and oxygen atoms in total. The first-order chi connectivity index (χ1) is 14.6. The zero-order valence-corrected chi connectivity index (χ0v) is 16.5. The maximum atomic E-state index is 12.4. The Morgan fingerprint density at radius 2 is 1.90 bits per heavy atom. The lowest BCUT2D eigenvalue weighted by atomic mass is 10.0. The van der Waals surface area contributed by atoms with Crippen molar-refractivity contribution in [1.29, 1.82) is 0 Å². The maximum absolute atomic E-state index is 12.4. The van der Waals surface area contributed by atoms with Crippen molar-refractivity contribution in [2.75, 3.05) is 12.1 Å². The summed E-state index contributed by atoms with van der Waals surface area (Å²) < 4.78 is 21.5. The highest BCUT2D eigenvalue weighted by atomic mass is 16.7. The van der Waals surface area contributed by atoms with Crippen LogP contribution in [0.2, 0.25) is 0 Å². The summed E-state index contributed by atoms with van der Waals surface area (Å²) in [5, 5.41) is 3.66. The number of anilines is 1. The van der Waals surface area contributed by atoms with E-state index in [9.17, 15) is 9.59 Å². The van der Waals surface area contributed by atoms with Gasteiger partial charge in [-0.3, -0.25) is 9.59 Å². The van der Waals surface area contributed by atoms with Crippen LogP contribution in [0.3, 0.4) is 0 Å². The van der Waals surface area contributed by atoms with Gasteiger partial charge in [-0.1, -0.05) is 0 Å². The van der Waals surface area contributed by atoms with Crippen LogP contribution in [0.15, 0.2) is 41.0 Å². The Hall–Kier alpha value is -3.48. The summed E-state index contributed by atoms with van der Waals surface area (Å²) in [5.74, 6) is 0.296.